The summed E-state index contributed by atoms with van der Waals surface area (Å²) >= 11 is 4.24. The highest BCUT2D eigenvalue weighted by Gasteiger charge is 2.09. The van der Waals surface area contributed by atoms with Gasteiger partial charge in [0.1, 0.15) is 0 Å². The molecular formula is C14H22S2. The van der Waals surface area contributed by atoms with E-state index in [1.54, 1.807) is 0 Å². The molecule has 1 aromatic carbocycles. The standard InChI is InChI=1S/C14H22S2/c1-3-10-15-14(16-11-4-2)12-13-8-6-5-7-9-13/h5-9,14H,3-4,10-12H2,1-2H3. The van der Waals surface area contributed by atoms with Gasteiger partial charge in [-0.05, 0) is 36.3 Å². The van der Waals surface area contributed by atoms with E-state index in [2.05, 4.69) is 67.7 Å². The van der Waals surface area contributed by atoms with Crippen molar-refractivity contribution in [3.05, 3.63) is 35.9 Å². The predicted octanol–water partition coefficient (Wildman–Crippen LogP) is 4.84. The second-order valence-corrected chi connectivity index (χ2v) is 6.78. The average molecular weight is 254 g/mol. The zero-order valence-corrected chi connectivity index (χ0v) is 11.9. The lowest BCUT2D eigenvalue weighted by Crippen LogP contribution is -2.04. The van der Waals surface area contributed by atoms with Crippen LogP contribution in [0.3, 0.4) is 0 Å². The van der Waals surface area contributed by atoms with Crippen LogP contribution < -0.4 is 0 Å². The zero-order valence-electron chi connectivity index (χ0n) is 10.3. The van der Waals surface area contributed by atoms with Crippen LogP contribution in [-0.4, -0.2) is 16.1 Å². The average Bonchev–Trinajstić information content (AvgIpc) is 2.34. The van der Waals surface area contributed by atoms with Gasteiger partial charge in [-0.25, -0.2) is 0 Å². The minimum absolute atomic E-state index is 0.738. The summed E-state index contributed by atoms with van der Waals surface area (Å²) in [4.78, 5) is 0. The van der Waals surface area contributed by atoms with E-state index in [4.69, 9.17) is 0 Å². The number of thioether (sulfide) groups is 2. The summed E-state index contributed by atoms with van der Waals surface area (Å²) in [6.45, 7) is 4.52. The van der Waals surface area contributed by atoms with Crippen LogP contribution in [0.2, 0.25) is 0 Å². The van der Waals surface area contributed by atoms with Crippen LogP contribution in [0.25, 0.3) is 0 Å². The second-order valence-electron chi connectivity index (χ2n) is 3.86. The molecule has 0 aromatic heterocycles. The lowest BCUT2D eigenvalue weighted by molar-refractivity contribution is 1.06. The number of benzene rings is 1. The molecule has 0 atom stereocenters. The Kier molecular flexibility index (Phi) is 7.87. The minimum atomic E-state index is 0.738. The maximum Gasteiger partial charge on any atom is 0.0542 e. The highest BCUT2D eigenvalue weighted by molar-refractivity contribution is 8.17. The smallest absolute Gasteiger partial charge is 0.0542 e. The Labute approximate surface area is 109 Å². The molecule has 0 radical (unpaired) electrons. The van der Waals surface area contributed by atoms with Gasteiger partial charge < -0.3 is 0 Å². The molecule has 0 fully saturated rings. The maximum atomic E-state index is 2.26. The normalized spacial score (nSPS) is 10.9. The molecule has 0 aliphatic heterocycles. The first-order valence-electron chi connectivity index (χ1n) is 6.14. The summed E-state index contributed by atoms with van der Waals surface area (Å²) in [5, 5.41) is 0. The van der Waals surface area contributed by atoms with Crippen LogP contribution >= 0.6 is 23.5 Å². The molecule has 0 spiro atoms. The van der Waals surface area contributed by atoms with Crippen molar-refractivity contribution in [1.29, 1.82) is 0 Å². The third kappa shape index (κ3) is 5.86. The molecule has 0 aliphatic carbocycles. The van der Waals surface area contributed by atoms with Crippen LogP contribution in [-0.2, 0) is 6.42 Å². The molecule has 0 aliphatic rings. The largest absolute Gasteiger partial charge is 0.147 e. The molecular weight excluding hydrogens is 232 g/mol. The van der Waals surface area contributed by atoms with Crippen LogP contribution in [0.1, 0.15) is 32.3 Å². The Hall–Kier alpha value is -0.0800. The number of rotatable bonds is 8. The molecule has 0 heterocycles. The predicted molar refractivity (Wildman–Crippen MR) is 79.4 cm³/mol. The van der Waals surface area contributed by atoms with E-state index in [-0.39, 0.29) is 0 Å². The summed E-state index contributed by atoms with van der Waals surface area (Å²) in [6, 6.07) is 10.9. The first-order valence-corrected chi connectivity index (χ1v) is 8.23. The van der Waals surface area contributed by atoms with Gasteiger partial charge in [-0.1, -0.05) is 44.2 Å². The molecule has 16 heavy (non-hydrogen) atoms. The van der Waals surface area contributed by atoms with Gasteiger partial charge in [-0.15, -0.1) is 23.5 Å². The van der Waals surface area contributed by atoms with E-state index < -0.39 is 0 Å². The van der Waals surface area contributed by atoms with Crippen molar-refractivity contribution >= 4 is 23.5 Å². The topological polar surface area (TPSA) is 0 Å². The summed E-state index contributed by atoms with van der Waals surface area (Å²) in [6.07, 6.45) is 3.77. The van der Waals surface area contributed by atoms with Gasteiger partial charge >= 0.3 is 0 Å². The summed E-state index contributed by atoms with van der Waals surface area (Å²) in [7, 11) is 0. The monoisotopic (exact) mass is 254 g/mol. The quantitative estimate of drug-likeness (QED) is 0.609. The first-order chi connectivity index (χ1) is 7.86. The van der Waals surface area contributed by atoms with Crippen molar-refractivity contribution in [3.8, 4) is 0 Å². The molecule has 1 aromatic rings. The van der Waals surface area contributed by atoms with Gasteiger partial charge in [0, 0.05) is 0 Å². The second kappa shape index (κ2) is 9.00. The van der Waals surface area contributed by atoms with Crippen LogP contribution in [0, 0.1) is 0 Å². The Morgan fingerprint density at radius 2 is 1.50 bits per heavy atom. The van der Waals surface area contributed by atoms with Gasteiger partial charge in [0.15, 0.2) is 0 Å². The molecule has 0 amide bonds. The lowest BCUT2D eigenvalue weighted by Gasteiger charge is -2.15. The van der Waals surface area contributed by atoms with Crippen LogP contribution in [0.4, 0.5) is 0 Å². The Balaban J connectivity index is 2.42. The maximum absolute atomic E-state index is 2.26. The summed E-state index contributed by atoms with van der Waals surface area (Å²) in [5.41, 5.74) is 1.47. The van der Waals surface area contributed by atoms with Gasteiger partial charge in [0.05, 0.1) is 4.58 Å². The third-order valence-electron chi connectivity index (χ3n) is 2.26. The van der Waals surface area contributed by atoms with E-state index in [0.717, 1.165) is 4.58 Å². The first kappa shape index (κ1) is 14.0. The molecule has 0 nitrogen and oxygen atoms in total. The summed E-state index contributed by atoms with van der Waals surface area (Å²) in [5.74, 6) is 2.57. The van der Waals surface area contributed by atoms with E-state index >= 15 is 0 Å². The molecule has 0 saturated heterocycles. The molecule has 0 N–H and O–H groups in total. The molecule has 2 heteroatoms. The molecule has 0 bridgehead atoms. The molecule has 0 unspecified atom stereocenters. The van der Waals surface area contributed by atoms with Crippen molar-refractivity contribution in [2.75, 3.05) is 11.5 Å². The minimum Gasteiger partial charge on any atom is -0.147 e. The Morgan fingerprint density at radius 1 is 0.938 bits per heavy atom. The Bertz CT molecular complexity index is 251. The third-order valence-corrected chi connectivity index (χ3v) is 5.44. The van der Waals surface area contributed by atoms with Crippen molar-refractivity contribution in [2.45, 2.75) is 37.7 Å². The molecule has 1 rings (SSSR count). The number of hydrogen-bond donors (Lipinski definition) is 0. The summed E-state index contributed by atoms with van der Waals surface area (Å²) < 4.78 is 0.738. The fraction of sp³-hybridized carbons (Fsp3) is 0.571. The fourth-order valence-electron chi connectivity index (χ4n) is 1.47. The van der Waals surface area contributed by atoms with Crippen molar-refractivity contribution in [1.82, 2.24) is 0 Å². The van der Waals surface area contributed by atoms with Gasteiger partial charge in [0.25, 0.3) is 0 Å². The SMILES string of the molecule is CCCSC(Cc1ccccc1)SCCC. The van der Waals surface area contributed by atoms with Crippen molar-refractivity contribution in [2.24, 2.45) is 0 Å². The van der Waals surface area contributed by atoms with E-state index in [9.17, 15) is 0 Å². The van der Waals surface area contributed by atoms with E-state index in [1.807, 2.05) is 0 Å². The van der Waals surface area contributed by atoms with Gasteiger partial charge in [-0.3, -0.25) is 0 Å². The van der Waals surface area contributed by atoms with Crippen LogP contribution in [0.15, 0.2) is 30.3 Å². The molecule has 0 saturated carbocycles. The van der Waals surface area contributed by atoms with E-state index in [0.29, 0.717) is 0 Å². The van der Waals surface area contributed by atoms with Crippen LogP contribution in [0.5, 0.6) is 0 Å². The highest BCUT2D eigenvalue weighted by Crippen LogP contribution is 2.28. The Morgan fingerprint density at radius 3 is 2.00 bits per heavy atom. The number of hydrogen-bond acceptors (Lipinski definition) is 2. The van der Waals surface area contributed by atoms with Gasteiger partial charge in [0.2, 0.25) is 0 Å². The van der Waals surface area contributed by atoms with Gasteiger partial charge in [-0.2, -0.15) is 0 Å². The van der Waals surface area contributed by atoms with Crippen molar-refractivity contribution < 1.29 is 0 Å². The zero-order chi connectivity index (χ0) is 11.6. The lowest BCUT2D eigenvalue weighted by atomic mass is 10.2. The van der Waals surface area contributed by atoms with Crippen molar-refractivity contribution in [3.63, 3.8) is 0 Å². The fourth-order valence-corrected chi connectivity index (χ4v) is 4.05. The van der Waals surface area contributed by atoms with E-state index in [1.165, 1.54) is 36.3 Å². The highest BCUT2D eigenvalue weighted by atomic mass is 32.2. The molecule has 90 valence electrons.